The van der Waals surface area contributed by atoms with E-state index in [1.165, 1.54) is 0 Å². The fourth-order valence-corrected chi connectivity index (χ4v) is 1.51. The number of alkyl halides is 1. The molecule has 5 heteroatoms. The monoisotopic (exact) mass is 281 g/mol. The maximum atomic E-state index is 11.3. The number of carbonyl (C=O) groups excluding carboxylic acids is 1. The topological polar surface area (TPSA) is 43.1 Å². The van der Waals surface area contributed by atoms with Crippen LogP contribution in [0.4, 0.5) is 5.69 Å². The highest BCUT2D eigenvalue weighted by atomic mass is 79.9. The summed E-state index contributed by atoms with van der Waals surface area (Å²) < 4.78 is 0. The quantitative estimate of drug-likeness (QED) is 0.514. The van der Waals surface area contributed by atoms with E-state index in [4.69, 9.17) is 28.9 Å². The molecule has 13 heavy (non-hydrogen) atoms. The number of rotatable bonds is 2. The minimum Gasteiger partial charge on any atom is -0.397 e. The van der Waals surface area contributed by atoms with Gasteiger partial charge in [0, 0.05) is 5.56 Å². The molecule has 1 aromatic rings. The van der Waals surface area contributed by atoms with E-state index in [1.807, 2.05) is 0 Å². The van der Waals surface area contributed by atoms with Crippen molar-refractivity contribution in [1.29, 1.82) is 0 Å². The SMILES string of the molecule is Nc1c(C(=O)CBr)ccc(Cl)c1Cl. The minimum absolute atomic E-state index is 0.115. The summed E-state index contributed by atoms with van der Waals surface area (Å²) in [5, 5.41) is 0.800. The maximum absolute atomic E-state index is 11.3. The van der Waals surface area contributed by atoms with Crippen LogP contribution in [0, 0.1) is 0 Å². The number of ketones is 1. The molecule has 0 saturated heterocycles. The molecular weight excluding hydrogens is 277 g/mol. The molecule has 1 aromatic carbocycles. The van der Waals surface area contributed by atoms with Gasteiger partial charge in [0.2, 0.25) is 0 Å². The van der Waals surface area contributed by atoms with Gasteiger partial charge < -0.3 is 5.73 Å². The molecule has 0 aliphatic carbocycles. The van der Waals surface area contributed by atoms with Crippen molar-refractivity contribution in [2.45, 2.75) is 0 Å². The van der Waals surface area contributed by atoms with Crippen LogP contribution < -0.4 is 5.73 Å². The van der Waals surface area contributed by atoms with Crippen molar-refractivity contribution < 1.29 is 4.79 Å². The van der Waals surface area contributed by atoms with Gasteiger partial charge in [-0.3, -0.25) is 4.79 Å². The van der Waals surface area contributed by atoms with Crippen LogP contribution >= 0.6 is 39.1 Å². The largest absolute Gasteiger partial charge is 0.397 e. The van der Waals surface area contributed by atoms with Crippen LogP contribution in [0.25, 0.3) is 0 Å². The second-order valence-electron chi connectivity index (χ2n) is 2.38. The predicted molar refractivity (Wildman–Crippen MR) is 59.0 cm³/mol. The average Bonchev–Trinajstić information content (AvgIpc) is 2.13. The number of halogens is 3. The normalized spacial score (nSPS) is 10.1. The first-order chi connectivity index (χ1) is 6.07. The van der Waals surface area contributed by atoms with Gasteiger partial charge in [0.15, 0.2) is 5.78 Å². The number of hydrogen-bond acceptors (Lipinski definition) is 2. The predicted octanol–water partition coefficient (Wildman–Crippen LogP) is 3.15. The number of nitrogens with two attached hydrogens (primary N) is 1. The molecule has 0 spiro atoms. The zero-order valence-corrected chi connectivity index (χ0v) is 9.58. The number of anilines is 1. The number of hydrogen-bond donors (Lipinski definition) is 1. The van der Waals surface area contributed by atoms with E-state index in [0.29, 0.717) is 10.6 Å². The van der Waals surface area contributed by atoms with Gasteiger partial charge in [-0.25, -0.2) is 0 Å². The number of benzene rings is 1. The van der Waals surface area contributed by atoms with Gasteiger partial charge in [0.1, 0.15) is 0 Å². The van der Waals surface area contributed by atoms with Gasteiger partial charge in [-0.1, -0.05) is 39.1 Å². The molecule has 1 rings (SSSR count). The lowest BCUT2D eigenvalue weighted by Gasteiger charge is -2.05. The van der Waals surface area contributed by atoms with Gasteiger partial charge in [-0.15, -0.1) is 0 Å². The first-order valence-corrected chi connectivity index (χ1v) is 5.28. The molecule has 0 saturated carbocycles. The molecule has 0 aliphatic rings. The lowest BCUT2D eigenvalue weighted by atomic mass is 10.1. The third-order valence-corrected chi connectivity index (χ3v) is 2.88. The molecule has 0 unspecified atom stereocenters. The Kier molecular flexibility index (Phi) is 3.59. The van der Waals surface area contributed by atoms with Crippen LogP contribution in [0.15, 0.2) is 12.1 Å². The van der Waals surface area contributed by atoms with Crippen LogP contribution in [0.3, 0.4) is 0 Å². The summed E-state index contributed by atoms with van der Waals surface area (Å²) in [4.78, 5) is 11.3. The Bertz CT molecular complexity index is 354. The van der Waals surface area contributed by atoms with E-state index in [2.05, 4.69) is 15.9 Å². The lowest BCUT2D eigenvalue weighted by molar-refractivity contribution is 0.102. The summed E-state index contributed by atoms with van der Waals surface area (Å²) in [6.07, 6.45) is 0. The Balaban J connectivity index is 3.26. The molecule has 70 valence electrons. The van der Waals surface area contributed by atoms with Crippen molar-refractivity contribution in [3.8, 4) is 0 Å². The molecule has 0 atom stereocenters. The number of carbonyl (C=O) groups is 1. The minimum atomic E-state index is -0.115. The zero-order chi connectivity index (χ0) is 10.0. The molecule has 2 N–H and O–H groups in total. The third-order valence-electron chi connectivity index (χ3n) is 1.55. The molecule has 0 aromatic heterocycles. The highest BCUT2D eigenvalue weighted by Crippen LogP contribution is 2.30. The van der Waals surface area contributed by atoms with Gasteiger partial charge in [-0.05, 0) is 12.1 Å². The van der Waals surface area contributed by atoms with E-state index in [-0.39, 0.29) is 21.8 Å². The van der Waals surface area contributed by atoms with Crippen molar-refractivity contribution in [3.63, 3.8) is 0 Å². The lowest BCUT2D eigenvalue weighted by Crippen LogP contribution is -2.05. The van der Waals surface area contributed by atoms with E-state index in [9.17, 15) is 4.79 Å². The summed E-state index contributed by atoms with van der Waals surface area (Å²) in [5.74, 6) is -0.115. The van der Waals surface area contributed by atoms with E-state index >= 15 is 0 Å². The second-order valence-corrected chi connectivity index (χ2v) is 3.73. The molecule has 0 bridgehead atoms. The Labute approximate surface area is 94.1 Å². The van der Waals surface area contributed by atoms with Crippen molar-refractivity contribution in [1.82, 2.24) is 0 Å². The van der Waals surface area contributed by atoms with E-state index in [0.717, 1.165) is 0 Å². The molecule has 0 heterocycles. The smallest absolute Gasteiger partial charge is 0.175 e. The van der Waals surface area contributed by atoms with Crippen molar-refractivity contribution >= 4 is 50.6 Å². The molecule has 0 amide bonds. The van der Waals surface area contributed by atoms with Crippen molar-refractivity contribution in [3.05, 3.63) is 27.7 Å². The molecule has 0 aliphatic heterocycles. The van der Waals surface area contributed by atoms with E-state index < -0.39 is 0 Å². The molecular formula is C8H6BrCl2NO. The van der Waals surface area contributed by atoms with Crippen molar-refractivity contribution in [2.24, 2.45) is 0 Å². The zero-order valence-electron chi connectivity index (χ0n) is 6.48. The third kappa shape index (κ3) is 2.16. The Hall–Kier alpha value is -0.250. The molecule has 0 radical (unpaired) electrons. The summed E-state index contributed by atoms with van der Waals surface area (Å²) in [6, 6.07) is 3.11. The summed E-state index contributed by atoms with van der Waals surface area (Å²) in [5.41, 5.74) is 6.23. The Morgan fingerprint density at radius 2 is 2.08 bits per heavy atom. The van der Waals surface area contributed by atoms with Crippen LogP contribution in [-0.4, -0.2) is 11.1 Å². The highest BCUT2D eigenvalue weighted by Gasteiger charge is 2.12. The Morgan fingerprint density at radius 3 is 2.62 bits per heavy atom. The fourth-order valence-electron chi connectivity index (χ4n) is 0.881. The van der Waals surface area contributed by atoms with Crippen LogP contribution in [0.2, 0.25) is 10.0 Å². The van der Waals surface area contributed by atoms with Gasteiger partial charge >= 0.3 is 0 Å². The summed E-state index contributed by atoms with van der Waals surface area (Å²) >= 11 is 14.5. The van der Waals surface area contributed by atoms with Gasteiger partial charge in [0.25, 0.3) is 0 Å². The van der Waals surface area contributed by atoms with Crippen molar-refractivity contribution in [2.75, 3.05) is 11.1 Å². The van der Waals surface area contributed by atoms with Gasteiger partial charge in [0.05, 0.1) is 21.1 Å². The van der Waals surface area contributed by atoms with Crippen LogP contribution in [-0.2, 0) is 0 Å². The van der Waals surface area contributed by atoms with Crippen LogP contribution in [0.1, 0.15) is 10.4 Å². The van der Waals surface area contributed by atoms with Crippen LogP contribution in [0.5, 0.6) is 0 Å². The highest BCUT2D eigenvalue weighted by molar-refractivity contribution is 9.09. The first-order valence-electron chi connectivity index (χ1n) is 3.40. The fraction of sp³-hybridized carbons (Fsp3) is 0.125. The second kappa shape index (κ2) is 4.31. The Morgan fingerprint density at radius 1 is 1.46 bits per heavy atom. The molecule has 2 nitrogen and oxygen atoms in total. The standard InChI is InChI=1S/C8H6BrCl2NO/c9-3-6(13)4-1-2-5(10)7(11)8(4)12/h1-2H,3,12H2. The number of nitrogen functional groups attached to an aromatic ring is 1. The average molecular weight is 283 g/mol. The first kappa shape index (κ1) is 10.8. The summed E-state index contributed by atoms with van der Waals surface area (Å²) in [7, 11) is 0. The number of Topliss-reactive ketones (excluding diaryl/α,β-unsaturated/α-hetero) is 1. The molecule has 0 fully saturated rings. The van der Waals surface area contributed by atoms with Gasteiger partial charge in [-0.2, -0.15) is 0 Å². The van der Waals surface area contributed by atoms with E-state index in [1.54, 1.807) is 12.1 Å². The maximum Gasteiger partial charge on any atom is 0.175 e. The summed E-state index contributed by atoms with van der Waals surface area (Å²) in [6.45, 7) is 0.